The SMILES string of the molecule is N#Cc1ccccc1CN1CCC(Oc2cccc(-c3cccs3)c2)CC1. The summed E-state index contributed by atoms with van der Waals surface area (Å²) in [4.78, 5) is 3.68. The molecule has 2 aromatic carbocycles. The smallest absolute Gasteiger partial charge is 0.120 e. The van der Waals surface area contributed by atoms with Gasteiger partial charge >= 0.3 is 0 Å². The number of nitrogens with zero attached hydrogens (tertiary/aromatic N) is 2. The van der Waals surface area contributed by atoms with Crippen LogP contribution in [0.3, 0.4) is 0 Å². The van der Waals surface area contributed by atoms with Gasteiger partial charge < -0.3 is 4.74 Å². The number of thiophene rings is 1. The van der Waals surface area contributed by atoms with Crippen LogP contribution in [0.1, 0.15) is 24.0 Å². The largest absolute Gasteiger partial charge is 0.490 e. The molecule has 4 heteroatoms. The summed E-state index contributed by atoms with van der Waals surface area (Å²) in [6, 6.07) is 22.8. The van der Waals surface area contributed by atoms with Crippen LogP contribution in [0.5, 0.6) is 5.75 Å². The molecule has 1 fully saturated rings. The molecule has 1 aliphatic heterocycles. The molecule has 4 rings (SSSR count). The maximum absolute atomic E-state index is 9.26. The lowest BCUT2D eigenvalue weighted by Gasteiger charge is -2.32. The van der Waals surface area contributed by atoms with E-state index in [0.29, 0.717) is 0 Å². The summed E-state index contributed by atoms with van der Waals surface area (Å²) in [7, 11) is 0. The van der Waals surface area contributed by atoms with Crippen molar-refractivity contribution in [2.45, 2.75) is 25.5 Å². The van der Waals surface area contributed by atoms with E-state index in [4.69, 9.17) is 4.74 Å². The number of hydrogen-bond donors (Lipinski definition) is 0. The molecule has 0 N–H and O–H groups in total. The lowest BCUT2D eigenvalue weighted by Crippen LogP contribution is -2.37. The van der Waals surface area contributed by atoms with Gasteiger partial charge in [0.25, 0.3) is 0 Å². The molecule has 1 aliphatic rings. The molecule has 27 heavy (non-hydrogen) atoms. The highest BCUT2D eigenvalue weighted by Gasteiger charge is 2.21. The van der Waals surface area contributed by atoms with Gasteiger partial charge in [-0.3, -0.25) is 4.90 Å². The second-order valence-corrected chi connectivity index (χ2v) is 7.82. The zero-order valence-corrected chi connectivity index (χ0v) is 16.0. The van der Waals surface area contributed by atoms with Gasteiger partial charge in [0.05, 0.1) is 11.6 Å². The third-order valence-electron chi connectivity index (χ3n) is 5.01. The zero-order valence-electron chi connectivity index (χ0n) is 15.2. The van der Waals surface area contributed by atoms with Gasteiger partial charge in [0, 0.05) is 24.5 Å². The predicted molar refractivity (Wildman–Crippen MR) is 110 cm³/mol. The molecule has 0 spiro atoms. The second kappa shape index (κ2) is 8.39. The highest BCUT2D eigenvalue weighted by atomic mass is 32.1. The summed E-state index contributed by atoms with van der Waals surface area (Å²) in [6.07, 6.45) is 2.28. The first-order chi connectivity index (χ1) is 13.3. The van der Waals surface area contributed by atoms with Crippen molar-refractivity contribution >= 4 is 11.3 Å². The molecule has 3 nitrogen and oxygen atoms in total. The van der Waals surface area contributed by atoms with Crippen LogP contribution in [0.25, 0.3) is 10.4 Å². The third kappa shape index (κ3) is 4.39. The number of rotatable bonds is 5. The van der Waals surface area contributed by atoms with Crippen molar-refractivity contribution in [1.82, 2.24) is 4.90 Å². The number of ether oxygens (including phenoxy) is 1. The number of likely N-dealkylation sites (tertiary alicyclic amines) is 1. The van der Waals surface area contributed by atoms with Crippen LogP contribution in [0.15, 0.2) is 66.0 Å². The van der Waals surface area contributed by atoms with Gasteiger partial charge in [-0.15, -0.1) is 11.3 Å². The Morgan fingerprint density at radius 3 is 2.67 bits per heavy atom. The molecule has 0 aliphatic carbocycles. The highest BCUT2D eigenvalue weighted by Crippen LogP contribution is 2.29. The standard InChI is InChI=1S/C23H22N2OS/c24-16-19-5-1-2-6-20(19)17-25-12-10-21(11-13-25)26-22-8-3-7-18(15-22)23-9-4-14-27-23/h1-9,14-15,21H,10-13,17H2. The van der Waals surface area contributed by atoms with Crippen LogP contribution in [0, 0.1) is 11.3 Å². The lowest BCUT2D eigenvalue weighted by atomic mass is 10.0. The van der Waals surface area contributed by atoms with Crippen LogP contribution < -0.4 is 4.74 Å². The van der Waals surface area contributed by atoms with Crippen molar-refractivity contribution in [1.29, 1.82) is 5.26 Å². The van der Waals surface area contributed by atoms with Gasteiger partial charge in [-0.2, -0.15) is 5.26 Å². The van der Waals surface area contributed by atoms with Gasteiger partial charge in [0.2, 0.25) is 0 Å². The van der Waals surface area contributed by atoms with Gasteiger partial charge in [-0.1, -0.05) is 36.4 Å². The van der Waals surface area contributed by atoms with E-state index in [1.807, 2.05) is 24.3 Å². The monoisotopic (exact) mass is 374 g/mol. The van der Waals surface area contributed by atoms with Crippen LogP contribution in [-0.2, 0) is 6.54 Å². The molecule has 1 saturated heterocycles. The first-order valence-electron chi connectivity index (χ1n) is 9.33. The Kier molecular flexibility index (Phi) is 5.53. The topological polar surface area (TPSA) is 36.3 Å². The van der Waals surface area contributed by atoms with Crippen molar-refractivity contribution in [3.05, 3.63) is 77.2 Å². The van der Waals surface area contributed by atoms with Crippen LogP contribution in [0.4, 0.5) is 0 Å². The predicted octanol–water partition coefficient (Wildman–Crippen LogP) is 5.33. The maximum atomic E-state index is 9.26. The first-order valence-corrected chi connectivity index (χ1v) is 10.2. The zero-order chi connectivity index (χ0) is 18.5. The number of benzene rings is 2. The quantitative estimate of drug-likeness (QED) is 0.605. The van der Waals surface area contributed by atoms with Crippen molar-refractivity contribution in [3.63, 3.8) is 0 Å². The third-order valence-corrected chi connectivity index (χ3v) is 5.93. The second-order valence-electron chi connectivity index (χ2n) is 6.87. The van der Waals surface area contributed by atoms with Gasteiger partial charge in [0.15, 0.2) is 0 Å². The Bertz CT molecular complexity index is 922. The highest BCUT2D eigenvalue weighted by molar-refractivity contribution is 7.13. The Labute approximate surface area is 164 Å². The fourth-order valence-electron chi connectivity index (χ4n) is 3.55. The van der Waals surface area contributed by atoms with Crippen LogP contribution >= 0.6 is 11.3 Å². The molecule has 0 radical (unpaired) electrons. The van der Waals surface area contributed by atoms with Gasteiger partial charge in [-0.25, -0.2) is 0 Å². The molecule has 1 aromatic heterocycles. The average molecular weight is 375 g/mol. The van der Waals surface area contributed by atoms with E-state index in [9.17, 15) is 5.26 Å². The van der Waals surface area contributed by atoms with Crippen molar-refractivity contribution < 1.29 is 4.74 Å². The summed E-state index contributed by atoms with van der Waals surface area (Å²) in [5.41, 5.74) is 3.11. The Morgan fingerprint density at radius 2 is 1.89 bits per heavy atom. The number of piperidine rings is 1. The summed E-state index contributed by atoms with van der Waals surface area (Å²) in [6.45, 7) is 2.83. The van der Waals surface area contributed by atoms with E-state index >= 15 is 0 Å². The van der Waals surface area contributed by atoms with E-state index in [0.717, 1.165) is 49.4 Å². The molecule has 3 aromatic rings. The summed E-state index contributed by atoms with van der Waals surface area (Å²) in [5, 5.41) is 11.4. The molecule has 0 bridgehead atoms. The number of hydrogen-bond acceptors (Lipinski definition) is 4. The normalized spacial score (nSPS) is 15.4. The summed E-state index contributed by atoms with van der Waals surface area (Å²) < 4.78 is 6.26. The molecule has 136 valence electrons. The van der Waals surface area contributed by atoms with E-state index in [2.05, 4.69) is 52.7 Å². The Morgan fingerprint density at radius 1 is 1.04 bits per heavy atom. The molecule has 0 unspecified atom stereocenters. The van der Waals surface area contributed by atoms with Crippen molar-refractivity contribution in [2.75, 3.05) is 13.1 Å². The molecular weight excluding hydrogens is 352 g/mol. The molecule has 2 heterocycles. The van der Waals surface area contributed by atoms with Gasteiger partial charge in [0.1, 0.15) is 11.9 Å². The molecular formula is C23H22N2OS. The fraction of sp³-hybridized carbons (Fsp3) is 0.261. The minimum Gasteiger partial charge on any atom is -0.490 e. The lowest BCUT2D eigenvalue weighted by molar-refractivity contribution is 0.0968. The van der Waals surface area contributed by atoms with Crippen molar-refractivity contribution in [3.8, 4) is 22.3 Å². The summed E-state index contributed by atoms with van der Waals surface area (Å²) in [5.74, 6) is 0.953. The van der Waals surface area contributed by atoms with E-state index in [-0.39, 0.29) is 6.10 Å². The minimum absolute atomic E-state index is 0.256. The fourth-order valence-corrected chi connectivity index (χ4v) is 4.28. The van der Waals surface area contributed by atoms with E-state index in [1.165, 1.54) is 10.4 Å². The van der Waals surface area contributed by atoms with Crippen LogP contribution in [0.2, 0.25) is 0 Å². The van der Waals surface area contributed by atoms with Crippen molar-refractivity contribution in [2.24, 2.45) is 0 Å². The molecule has 0 amide bonds. The van der Waals surface area contributed by atoms with E-state index in [1.54, 1.807) is 11.3 Å². The first kappa shape index (κ1) is 17.8. The Balaban J connectivity index is 1.34. The average Bonchev–Trinajstić information content (AvgIpc) is 3.25. The summed E-state index contributed by atoms with van der Waals surface area (Å²) >= 11 is 1.75. The number of nitriles is 1. The van der Waals surface area contributed by atoms with E-state index < -0.39 is 0 Å². The molecule has 0 saturated carbocycles. The van der Waals surface area contributed by atoms with Crippen LogP contribution in [-0.4, -0.2) is 24.1 Å². The minimum atomic E-state index is 0.256. The maximum Gasteiger partial charge on any atom is 0.120 e. The Hall–Kier alpha value is -2.61. The molecule has 0 atom stereocenters. The van der Waals surface area contributed by atoms with Gasteiger partial charge in [-0.05, 0) is 53.6 Å².